The minimum Gasteiger partial charge on any atom is -0.312 e. The molecule has 0 atom stereocenters. The average molecular weight is 296 g/mol. The van der Waals surface area contributed by atoms with Crippen molar-refractivity contribution in [1.29, 1.82) is 0 Å². The molecule has 100 valence electrons. The summed E-state index contributed by atoms with van der Waals surface area (Å²) in [7, 11) is -2.41. The van der Waals surface area contributed by atoms with Crippen molar-refractivity contribution >= 4 is 16.1 Å². The molecule has 0 saturated carbocycles. The van der Waals surface area contributed by atoms with E-state index in [-0.39, 0.29) is 11.7 Å². The molecule has 0 heterocycles. The molecular weight excluding hydrogens is 284 g/mol. The van der Waals surface area contributed by atoms with Crippen molar-refractivity contribution in [2.75, 3.05) is 14.2 Å². The Morgan fingerprint density at radius 1 is 1.28 bits per heavy atom. The van der Waals surface area contributed by atoms with Crippen LogP contribution in [0, 0.1) is 0 Å². The van der Waals surface area contributed by atoms with Gasteiger partial charge in [-0.05, 0) is 5.56 Å². The van der Waals surface area contributed by atoms with E-state index in [1.165, 1.54) is 32.4 Å². The number of alkyl halides is 2. The number of benzene rings is 1. The summed E-state index contributed by atoms with van der Waals surface area (Å²) in [5.74, 6) is 0. The Hall–Kier alpha value is -0.670. The summed E-state index contributed by atoms with van der Waals surface area (Å²) in [5.41, 5.74) is -3.89. The van der Waals surface area contributed by atoms with Gasteiger partial charge in [0.05, 0.1) is 6.16 Å². The SMILES string of the molecule is COP(=O)(Cc1ccccc1C(F)(F)P=O)OC. The molecule has 0 saturated heterocycles. The van der Waals surface area contributed by atoms with Crippen LogP contribution in [0.1, 0.15) is 11.1 Å². The predicted octanol–water partition coefficient (Wildman–Crippen LogP) is 4.01. The van der Waals surface area contributed by atoms with Gasteiger partial charge in [-0.3, -0.25) is 9.13 Å². The molecule has 0 N–H and O–H groups in total. The van der Waals surface area contributed by atoms with E-state index in [9.17, 15) is 17.9 Å². The van der Waals surface area contributed by atoms with Crippen LogP contribution in [0.3, 0.4) is 0 Å². The lowest BCUT2D eigenvalue weighted by Crippen LogP contribution is -2.08. The number of hydrogen-bond acceptors (Lipinski definition) is 4. The first-order valence-corrected chi connectivity index (χ1v) is 7.44. The standard InChI is InChI=1S/C10H12F2O4P2/c1-15-18(14,16-2)7-8-5-3-4-6-9(8)10(11,12)17-13/h3-6H,7H2,1-2H3. The third kappa shape index (κ3) is 3.42. The summed E-state index contributed by atoms with van der Waals surface area (Å²) < 4.78 is 58.7. The zero-order valence-corrected chi connectivity index (χ0v) is 11.6. The monoisotopic (exact) mass is 296 g/mol. The van der Waals surface area contributed by atoms with E-state index < -0.39 is 27.3 Å². The van der Waals surface area contributed by atoms with Gasteiger partial charge in [0.15, 0.2) is 0 Å². The molecule has 1 aromatic carbocycles. The van der Waals surface area contributed by atoms with Crippen molar-refractivity contribution in [3.63, 3.8) is 0 Å². The molecule has 0 unspecified atom stereocenters. The molecule has 0 amide bonds. The topological polar surface area (TPSA) is 52.6 Å². The Labute approximate surface area is 105 Å². The van der Waals surface area contributed by atoms with E-state index in [1.54, 1.807) is 0 Å². The lowest BCUT2D eigenvalue weighted by atomic mass is 10.1. The van der Waals surface area contributed by atoms with Crippen LogP contribution in [0.2, 0.25) is 0 Å². The van der Waals surface area contributed by atoms with E-state index in [1.807, 2.05) is 0 Å². The highest BCUT2D eigenvalue weighted by atomic mass is 31.2. The maximum Gasteiger partial charge on any atom is 0.350 e. The molecule has 0 fully saturated rings. The summed E-state index contributed by atoms with van der Waals surface area (Å²) >= 11 is 0. The highest BCUT2D eigenvalue weighted by Crippen LogP contribution is 2.52. The van der Waals surface area contributed by atoms with Gasteiger partial charge >= 0.3 is 13.3 Å². The zero-order chi connectivity index (χ0) is 13.8. The van der Waals surface area contributed by atoms with E-state index in [2.05, 4.69) is 0 Å². The summed E-state index contributed by atoms with van der Waals surface area (Å²) in [6, 6.07) is 5.42. The first kappa shape index (κ1) is 15.4. The van der Waals surface area contributed by atoms with E-state index in [0.29, 0.717) is 0 Å². The van der Waals surface area contributed by atoms with Gasteiger partial charge in [0.2, 0.25) is 8.46 Å². The smallest absolute Gasteiger partial charge is 0.312 e. The second kappa shape index (κ2) is 5.98. The summed E-state index contributed by atoms with van der Waals surface area (Å²) in [6.45, 7) is 0. The van der Waals surface area contributed by atoms with Gasteiger partial charge in [0.1, 0.15) is 0 Å². The first-order valence-electron chi connectivity index (χ1n) is 4.90. The summed E-state index contributed by atoms with van der Waals surface area (Å²) in [6.07, 6.45) is -0.304. The van der Waals surface area contributed by atoms with Crippen molar-refractivity contribution in [2.24, 2.45) is 0 Å². The second-order valence-corrected chi connectivity index (χ2v) is 6.44. The molecule has 4 nitrogen and oxygen atoms in total. The minimum atomic E-state index is -3.52. The molecule has 0 spiro atoms. The summed E-state index contributed by atoms with van der Waals surface area (Å²) in [4.78, 5) is 0. The third-order valence-electron chi connectivity index (χ3n) is 2.38. The average Bonchev–Trinajstić information content (AvgIpc) is 2.39. The van der Waals surface area contributed by atoms with Gasteiger partial charge in [-0.1, -0.05) is 24.3 Å². The van der Waals surface area contributed by atoms with Gasteiger partial charge < -0.3 is 9.05 Å². The molecule has 0 aromatic heterocycles. The van der Waals surface area contributed by atoms with Crippen LogP contribution >= 0.6 is 16.1 Å². The normalized spacial score (nSPS) is 12.9. The van der Waals surface area contributed by atoms with Crippen LogP contribution in [0.15, 0.2) is 24.3 Å². The van der Waals surface area contributed by atoms with Crippen molar-refractivity contribution in [3.05, 3.63) is 35.4 Å². The minimum absolute atomic E-state index is 0.0814. The van der Waals surface area contributed by atoms with Gasteiger partial charge in [0, 0.05) is 19.8 Å². The van der Waals surface area contributed by atoms with Crippen molar-refractivity contribution in [3.8, 4) is 0 Å². The number of halogens is 2. The lowest BCUT2D eigenvalue weighted by Gasteiger charge is -2.17. The molecule has 18 heavy (non-hydrogen) atoms. The molecular formula is C10H12F2O4P2. The van der Waals surface area contributed by atoms with Gasteiger partial charge in [-0.15, -0.1) is 0 Å². The van der Waals surface area contributed by atoms with Crippen LogP contribution in [0.5, 0.6) is 0 Å². The largest absolute Gasteiger partial charge is 0.350 e. The highest BCUT2D eigenvalue weighted by molar-refractivity contribution is 7.52. The molecule has 0 aliphatic heterocycles. The fourth-order valence-electron chi connectivity index (χ4n) is 1.41. The Morgan fingerprint density at radius 3 is 2.33 bits per heavy atom. The van der Waals surface area contributed by atoms with E-state index in [4.69, 9.17) is 9.05 Å². The molecule has 0 radical (unpaired) electrons. The van der Waals surface area contributed by atoms with Gasteiger partial charge in [-0.2, -0.15) is 8.78 Å². The van der Waals surface area contributed by atoms with Crippen LogP contribution in [-0.2, 0) is 30.0 Å². The fourth-order valence-corrected chi connectivity index (χ4v) is 2.83. The molecule has 1 rings (SSSR count). The van der Waals surface area contributed by atoms with Gasteiger partial charge in [0.25, 0.3) is 0 Å². The van der Waals surface area contributed by atoms with Crippen LogP contribution in [-0.4, -0.2) is 14.2 Å². The van der Waals surface area contributed by atoms with Crippen molar-refractivity contribution in [1.82, 2.24) is 0 Å². The molecule has 0 aliphatic rings. The maximum absolute atomic E-state index is 13.4. The zero-order valence-electron chi connectivity index (χ0n) is 9.80. The number of hydrogen-bond donors (Lipinski definition) is 0. The Kier molecular flexibility index (Phi) is 5.11. The molecule has 8 heteroatoms. The van der Waals surface area contributed by atoms with Crippen molar-refractivity contribution < 1.29 is 27.0 Å². The van der Waals surface area contributed by atoms with Crippen LogP contribution < -0.4 is 0 Å². The highest BCUT2D eigenvalue weighted by Gasteiger charge is 2.36. The molecule has 0 aliphatic carbocycles. The summed E-state index contributed by atoms with van der Waals surface area (Å²) in [5, 5.41) is 0. The first-order chi connectivity index (χ1) is 8.38. The maximum atomic E-state index is 13.4. The van der Waals surface area contributed by atoms with Crippen molar-refractivity contribution in [2.45, 2.75) is 11.8 Å². The molecule has 0 bridgehead atoms. The third-order valence-corrected chi connectivity index (χ3v) is 4.69. The number of rotatable bonds is 6. The van der Waals surface area contributed by atoms with Gasteiger partial charge in [-0.25, -0.2) is 0 Å². The predicted molar refractivity (Wildman–Crippen MR) is 63.3 cm³/mol. The quantitative estimate of drug-likeness (QED) is 0.744. The second-order valence-electron chi connectivity index (χ2n) is 3.42. The van der Waals surface area contributed by atoms with Crippen LogP contribution in [0.25, 0.3) is 0 Å². The Morgan fingerprint density at radius 2 is 1.83 bits per heavy atom. The lowest BCUT2D eigenvalue weighted by molar-refractivity contribution is 0.0961. The molecule has 1 aromatic rings. The fraction of sp³-hybridized carbons (Fsp3) is 0.400. The van der Waals surface area contributed by atoms with E-state index in [0.717, 1.165) is 6.07 Å². The Bertz CT molecular complexity index is 471. The van der Waals surface area contributed by atoms with E-state index >= 15 is 0 Å². The van der Waals surface area contributed by atoms with Crippen LogP contribution in [0.4, 0.5) is 8.78 Å². The Balaban J connectivity index is 3.19.